The molecule has 112 valence electrons. The van der Waals surface area contributed by atoms with Gasteiger partial charge >= 0.3 is 0 Å². The highest BCUT2D eigenvalue weighted by Gasteiger charge is 2.06. The van der Waals surface area contributed by atoms with Gasteiger partial charge in [-0.05, 0) is 17.9 Å². The molecule has 4 heteroatoms. The van der Waals surface area contributed by atoms with Gasteiger partial charge in [-0.2, -0.15) is 0 Å². The van der Waals surface area contributed by atoms with E-state index in [1.165, 1.54) is 5.56 Å². The second kappa shape index (κ2) is 7.93. The van der Waals surface area contributed by atoms with Crippen molar-refractivity contribution in [2.75, 3.05) is 6.54 Å². The van der Waals surface area contributed by atoms with E-state index in [9.17, 15) is 4.79 Å². The quantitative estimate of drug-likeness (QED) is 0.849. The van der Waals surface area contributed by atoms with Crippen LogP contribution in [-0.2, 0) is 17.6 Å². The summed E-state index contributed by atoms with van der Waals surface area (Å²) in [5, 5.41) is 6.18. The summed E-state index contributed by atoms with van der Waals surface area (Å²) in [6.07, 6.45) is 2.15. The molecule has 1 amide bonds. The van der Waals surface area contributed by atoms with Gasteiger partial charge in [0.1, 0.15) is 0 Å². The molecular formula is C17H22N2OS. The molecule has 0 fully saturated rings. The van der Waals surface area contributed by atoms with Crippen molar-refractivity contribution >= 4 is 17.2 Å². The van der Waals surface area contributed by atoms with Gasteiger partial charge in [0, 0.05) is 24.8 Å². The topological polar surface area (TPSA) is 42.0 Å². The van der Waals surface area contributed by atoms with E-state index in [2.05, 4.69) is 41.7 Å². The first kappa shape index (κ1) is 15.7. The first-order valence-corrected chi connectivity index (χ1v) is 8.28. The fourth-order valence-electron chi connectivity index (χ4n) is 2.00. The maximum Gasteiger partial charge on any atom is 0.220 e. The Hall–Kier alpha value is -1.68. The molecular weight excluding hydrogens is 280 g/mol. The van der Waals surface area contributed by atoms with Crippen LogP contribution in [0.15, 0.2) is 35.7 Å². The molecule has 1 aromatic carbocycles. The number of nitrogens with zero attached hydrogens (tertiary/aromatic N) is 1. The lowest BCUT2D eigenvalue weighted by molar-refractivity contribution is -0.121. The lowest BCUT2D eigenvalue weighted by atomic mass is 10.1. The highest BCUT2D eigenvalue weighted by Crippen LogP contribution is 2.17. The maximum absolute atomic E-state index is 11.8. The summed E-state index contributed by atoms with van der Waals surface area (Å²) in [5.74, 6) is 0.579. The zero-order valence-corrected chi connectivity index (χ0v) is 13.5. The Morgan fingerprint density at radius 2 is 2.00 bits per heavy atom. The van der Waals surface area contributed by atoms with E-state index < -0.39 is 0 Å². The minimum Gasteiger partial charge on any atom is -0.356 e. The number of rotatable bonds is 7. The summed E-state index contributed by atoms with van der Waals surface area (Å²) in [4.78, 5) is 16.4. The Balaban J connectivity index is 1.67. The van der Waals surface area contributed by atoms with Crippen LogP contribution in [0, 0.1) is 0 Å². The first-order valence-electron chi connectivity index (χ1n) is 7.40. The van der Waals surface area contributed by atoms with Gasteiger partial charge in [-0.3, -0.25) is 4.79 Å². The second-order valence-corrected chi connectivity index (χ2v) is 6.35. The van der Waals surface area contributed by atoms with Gasteiger partial charge in [-0.15, -0.1) is 11.3 Å². The average Bonchev–Trinajstić information content (AvgIpc) is 2.95. The summed E-state index contributed by atoms with van der Waals surface area (Å²) in [7, 11) is 0. The monoisotopic (exact) mass is 302 g/mol. The van der Waals surface area contributed by atoms with Gasteiger partial charge in [0.2, 0.25) is 5.91 Å². The van der Waals surface area contributed by atoms with E-state index in [0.717, 1.165) is 23.5 Å². The van der Waals surface area contributed by atoms with Gasteiger partial charge in [0.15, 0.2) is 0 Å². The van der Waals surface area contributed by atoms with Crippen molar-refractivity contribution < 1.29 is 4.79 Å². The molecule has 2 aromatic rings. The Morgan fingerprint density at radius 1 is 1.24 bits per heavy atom. The number of carbonyl (C=O) groups is 1. The van der Waals surface area contributed by atoms with Gasteiger partial charge in [0.25, 0.3) is 0 Å². The maximum atomic E-state index is 11.8. The summed E-state index contributed by atoms with van der Waals surface area (Å²) in [6.45, 7) is 4.95. The van der Waals surface area contributed by atoms with Gasteiger partial charge < -0.3 is 5.32 Å². The number of hydrogen-bond donors (Lipinski definition) is 1. The number of aryl methyl sites for hydroxylation is 1. The first-order chi connectivity index (χ1) is 10.1. The molecule has 0 spiro atoms. The molecule has 0 aliphatic rings. The van der Waals surface area contributed by atoms with Crippen LogP contribution in [0.5, 0.6) is 0 Å². The number of benzene rings is 1. The van der Waals surface area contributed by atoms with Crippen LogP contribution in [0.2, 0.25) is 0 Å². The molecule has 0 radical (unpaired) electrons. The summed E-state index contributed by atoms with van der Waals surface area (Å²) >= 11 is 1.68. The fraction of sp³-hybridized carbons (Fsp3) is 0.412. The Morgan fingerprint density at radius 3 is 2.67 bits per heavy atom. The molecule has 21 heavy (non-hydrogen) atoms. The average molecular weight is 302 g/mol. The predicted molar refractivity (Wildman–Crippen MR) is 87.7 cm³/mol. The summed E-state index contributed by atoms with van der Waals surface area (Å²) < 4.78 is 0. The largest absolute Gasteiger partial charge is 0.356 e. The predicted octanol–water partition coefficient (Wildman–Crippen LogP) is 3.56. The van der Waals surface area contributed by atoms with Crippen LogP contribution in [0.3, 0.4) is 0 Å². The van der Waals surface area contributed by atoms with Crippen molar-refractivity contribution in [1.82, 2.24) is 10.3 Å². The molecule has 1 heterocycles. The normalized spacial score (nSPS) is 10.8. The highest BCUT2D eigenvalue weighted by atomic mass is 32.1. The molecule has 0 saturated heterocycles. The summed E-state index contributed by atoms with van der Waals surface area (Å²) in [5.41, 5.74) is 2.35. The molecule has 1 N–H and O–H groups in total. The zero-order chi connectivity index (χ0) is 15.1. The standard InChI is InChI=1S/C17H22N2OS/c1-13(2)15-12-21-17(19-15)10-11-18-16(20)9-8-14-6-4-3-5-7-14/h3-7,12-13H,8-11H2,1-2H3,(H,18,20). The molecule has 0 bridgehead atoms. The van der Waals surface area contributed by atoms with Crippen LogP contribution in [0.1, 0.15) is 42.5 Å². The van der Waals surface area contributed by atoms with Crippen molar-refractivity contribution in [3.8, 4) is 0 Å². The third-order valence-corrected chi connectivity index (χ3v) is 4.23. The van der Waals surface area contributed by atoms with E-state index in [-0.39, 0.29) is 5.91 Å². The van der Waals surface area contributed by atoms with Crippen molar-refractivity contribution in [1.29, 1.82) is 0 Å². The number of carbonyl (C=O) groups excluding carboxylic acids is 1. The lowest BCUT2D eigenvalue weighted by Gasteiger charge is -2.04. The Kier molecular flexibility index (Phi) is 5.93. The van der Waals surface area contributed by atoms with E-state index >= 15 is 0 Å². The molecule has 3 nitrogen and oxygen atoms in total. The highest BCUT2D eigenvalue weighted by molar-refractivity contribution is 7.09. The number of hydrogen-bond acceptors (Lipinski definition) is 3. The molecule has 2 rings (SSSR count). The van der Waals surface area contributed by atoms with Crippen molar-refractivity contribution in [3.63, 3.8) is 0 Å². The Bertz CT molecular complexity index is 563. The van der Waals surface area contributed by atoms with E-state index in [4.69, 9.17) is 0 Å². The van der Waals surface area contributed by atoms with Crippen molar-refractivity contribution in [2.45, 2.75) is 39.0 Å². The van der Waals surface area contributed by atoms with Crippen LogP contribution >= 0.6 is 11.3 Å². The van der Waals surface area contributed by atoms with Gasteiger partial charge in [-0.25, -0.2) is 4.98 Å². The minimum atomic E-state index is 0.111. The van der Waals surface area contributed by atoms with Crippen LogP contribution in [0.4, 0.5) is 0 Å². The third-order valence-electron chi connectivity index (χ3n) is 3.31. The fourth-order valence-corrected chi connectivity index (χ4v) is 2.96. The lowest BCUT2D eigenvalue weighted by Crippen LogP contribution is -2.25. The van der Waals surface area contributed by atoms with Crippen LogP contribution in [-0.4, -0.2) is 17.4 Å². The SMILES string of the molecule is CC(C)c1csc(CCNC(=O)CCc2ccccc2)n1. The molecule has 0 atom stereocenters. The van der Waals surface area contributed by atoms with Crippen LogP contribution < -0.4 is 5.32 Å². The summed E-state index contributed by atoms with van der Waals surface area (Å²) in [6, 6.07) is 10.1. The smallest absolute Gasteiger partial charge is 0.220 e. The van der Waals surface area contributed by atoms with Gasteiger partial charge in [-0.1, -0.05) is 44.2 Å². The zero-order valence-electron chi connectivity index (χ0n) is 12.6. The number of aromatic nitrogens is 1. The molecule has 0 aliphatic heterocycles. The minimum absolute atomic E-state index is 0.111. The van der Waals surface area contributed by atoms with E-state index in [1.807, 2.05) is 18.2 Å². The second-order valence-electron chi connectivity index (χ2n) is 5.41. The van der Waals surface area contributed by atoms with E-state index in [0.29, 0.717) is 18.9 Å². The van der Waals surface area contributed by atoms with Crippen molar-refractivity contribution in [3.05, 3.63) is 52.0 Å². The van der Waals surface area contributed by atoms with Gasteiger partial charge in [0.05, 0.1) is 10.7 Å². The van der Waals surface area contributed by atoms with Crippen molar-refractivity contribution in [2.24, 2.45) is 0 Å². The molecule has 0 unspecified atom stereocenters. The molecule has 0 saturated carbocycles. The number of nitrogens with one attached hydrogen (secondary N) is 1. The Labute approximate surface area is 130 Å². The number of amides is 1. The van der Waals surface area contributed by atoms with E-state index in [1.54, 1.807) is 11.3 Å². The number of thiazole rings is 1. The van der Waals surface area contributed by atoms with Crippen LogP contribution in [0.25, 0.3) is 0 Å². The molecule has 1 aromatic heterocycles. The molecule has 0 aliphatic carbocycles. The third kappa shape index (κ3) is 5.31.